The molecule has 0 saturated heterocycles. The third-order valence-electron chi connectivity index (χ3n) is 1.51. The SMILES string of the molecule is CCCC1=CC(CON)ON1. The molecular weight excluding hydrogens is 144 g/mol. The highest BCUT2D eigenvalue weighted by molar-refractivity contribution is 5.05. The number of hydrogen-bond donors (Lipinski definition) is 2. The van der Waals surface area contributed by atoms with Crippen LogP contribution in [0, 0.1) is 0 Å². The fourth-order valence-corrected chi connectivity index (χ4v) is 1.02. The van der Waals surface area contributed by atoms with E-state index in [0.29, 0.717) is 6.61 Å². The molecule has 0 aromatic heterocycles. The van der Waals surface area contributed by atoms with E-state index < -0.39 is 0 Å². The number of rotatable bonds is 4. The lowest BCUT2D eigenvalue weighted by molar-refractivity contribution is -0.0161. The molecule has 0 aliphatic carbocycles. The first-order valence-corrected chi connectivity index (χ1v) is 3.81. The smallest absolute Gasteiger partial charge is 0.131 e. The molecule has 11 heavy (non-hydrogen) atoms. The van der Waals surface area contributed by atoms with Crippen molar-refractivity contribution in [1.29, 1.82) is 0 Å². The second-order valence-electron chi connectivity index (χ2n) is 2.53. The van der Waals surface area contributed by atoms with Gasteiger partial charge in [0.15, 0.2) is 0 Å². The number of hydroxylamine groups is 1. The topological polar surface area (TPSA) is 56.5 Å². The van der Waals surface area contributed by atoms with E-state index in [-0.39, 0.29) is 6.10 Å². The van der Waals surface area contributed by atoms with Crippen LogP contribution in [-0.4, -0.2) is 12.7 Å². The Morgan fingerprint density at radius 3 is 3.27 bits per heavy atom. The zero-order chi connectivity index (χ0) is 8.10. The molecule has 0 aromatic rings. The van der Waals surface area contributed by atoms with E-state index in [1.165, 1.54) is 0 Å². The van der Waals surface area contributed by atoms with Crippen molar-refractivity contribution in [3.05, 3.63) is 11.8 Å². The molecule has 0 saturated carbocycles. The van der Waals surface area contributed by atoms with Crippen LogP contribution in [0.3, 0.4) is 0 Å². The molecule has 0 spiro atoms. The monoisotopic (exact) mass is 158 g/mol. The lowest BCUT2D eigenvalue weighted by atomic mass is 10.2. The molecule has 0 bridgehead atoms. The van der Waals surface area contributed by atoms with Gasteiger partial charge in [-0.25, -0.2) is 5.90 Å². The van der Waals surface area contributed by atoms with Crippen LogP contribution in [-0.2, 0) is 9.68 Å². The molecular formula is C7H14N2O2. The van der Waals surface area contributed by atoms with Crippen molar-refractivity contribution in [2.45, 2.75) is 25.9 Å². The largest absolute Gasteiger partial charge is 0.301 e. The van der Waals surface area contributed by atoms with Gasteiger partial charge in [0, 0.05) is 5.70 Å². The highest BCUT2D eigenvalue weighted by Gasteiger charge is 2.14. The third kappa shape index (κ3) is 2.49. The molecule has 1 atom stereocenters. The Kier molecular flexibility index (Phi) is 3.35. The maximum Gasteiger partial charge on any atom is 0.131 e. The molecule has 1 heterocycles. The Morgan fingerprint density at radius 1 is 1.82 bits per heavy atom. The van der Waals surface area contributed by atoms with E-state index in [1.807, 2.05) is 6.08 Å². The molecule has 64 valence electrons. The van der Waals surface area contributed by atoms with Crippen molar-refractivity contribution in [2.24, 2.45) is 5.90 Å². The number of nitrogens with two attached hydrogens (primary N) is 1. The van der Waals surface area contributed by atoms with Gasteiger partial charge in [-0.15, -0.1) is 0 Å². The fraction of sp³-hybridized carbons (Fsp3) is 0.714. The van der Waals surface area contributed by atoms with Crippen LogP contribution < -0.4 is 11.4 Å². The summed E-state index contributed by atoms with van der Waals surface area (Å²) in [5.74, 6) is 4.89. The fourth-order valence-electron chi connectivity index (χ4n) is 1.02. The first-order valence-electron chi connectivity index (χ1n) is 3.81. The summed E-state index contributed by atoms with van der Waals surface area (Å²) in [5.41, 5.74) is 3.94. The highest BCUT2D eigenvalue weighted by atomic mass is 16.7. The number of hydrogen-bond acceptors (Lipinski definition) is 4. The lowest BCUT2D eigenvalue weighted by Crippen LogP contribution is -2.19. The summed E-state index contributed by atoms with van der Waals surface area (Å²) in [5, 5.41) is 0. The lowest BCUT2D eigenvalue weighted by Gasteiger charge is -2.03. The normalized spacial score (nSPS) is 23.1. The molecule has 4 nitrogen and oxygen atoms in total. The van der Waals surface area contributed by atoms with E-state index in [1.54, 1.807) is 0 Å². The maximum absolute atomic E-state index is 5.11. The average molecular weight is 158 g/mol. The van der Waals surface area contributed by atoms with Crippen LogP contribution in [0.15, 0.2) is 11.8 Å². The Hall–Kier alpha value is -0.580. The second-order valence-corrected chi connectivity index (χ2v) is 2.53. The summed E-state index contributed by atoms with van der Waals surface area (Å²) in [7, 11) is 0. The Labute approximate surface area is 66.3 Å². The zero-order valence-electron chi connectivity index (χ0n) is 6.67. The molecule has 0 radical (unpaired) electrons. The van der Waals surface area contributed by atoms with Gasteiger partial charge in [-0.3, -0.25) is 10.3 Å². The van der Waals surface area contributed by atoms with E-state index in [2.05, 4.69) is 17.2 Å². The van der Waals surface area contributed by atoms with Crippen molar-refractivity contribution < 1.29 is 9.68 Å². The van der Waals surface area contributed by atoms with Gasteiger partial charge in [0.2, 0.25) is 0 Å². The van der Waals surface area contributed by atoms with E-state index in [0.717, 1.165) is 18.5 Å². The third-order valence-corrected chi connectivity index (χ3v) is 1.51. The van der Waals surface area contributed by atoms with Crippen molar-refractivity contribution in [3.63, 3.8) is 0 Å². The minimum atomic E-state index is -0.0263. The van der Waals surface area contributed by atoms with Gasteiger partial charge in [-0.1, -0.05) is 13.3 Å². The van der Waals surface area contributed by atoms with Gasteiger partial charge in [0.25, 0.3) is 0 Å². The minimum Gasteiger partial charge on any atom is -0.301 e. The van der Waals surface area contributed by atoms with Crippen molar-refractivity contribution in [1.82, 2.24) is 5.48 Å². The first-order chi connectivity index (χ1) is 5.36. The predicted molar refractivity (Wildman–Crippen MR) is 41.1 cm³/mol. The van der Waals surface area contributed by atoms with Crippen LogP contribution in [0.5, 0.6) is 0 Å². The summed E-state index contributed by atoms with van der Waals surface area (Å²) >= 11 is 0. The molecule has 0 fully saturated rings. The Balaban J connectivity index is 2.28. The Morgan fingerprint density at radius 2 is 2.64 bits per heavy atom. The molecule has 1 unspecified atom stereocenters. The van der Waals surface area contributed by atoms with E-state index >= 15 is 0 Å². The van der Waals surface area contributed by atoms with E-state index in [9.17, 15) is 0 Å². The molecule has 4 heteroatoms. The summed E-state index contributed by atoms with van der Waals surface area (Å²) in [6.45, 7) is 2.52. The molecule has 3 N–H and O–H groups in total. The van der Waals surface area contributed by atoms with Gasteiger partial charge in [-0.05, 0) is 12.5 Å². The van der Waals surface area contributed by atoms with Crippen molar-refractivity contribution in [2.75, 3.05) is 6.61 Å². The van der Waals surface area contributed by atoms with Crippen LogP contribution in [0.2, 0.25) is 0 Å². The van der Waals surface area contributed by atoms with Crippen LogP contribution in [0.25, 0.3) is 0 Å². The molecule has 0 amide bonds. The van der Waals surface area contributed by atoms with Gasteiger partial charge in [-0.2, -0.15) is 0 Å². The summed E-state index contributed by atoms with van der Waals surface area (Å²) in [4.78, 5) is 9.55. The molecule has 0 aromatic carbocycles. The summed E-state index contributed by atoms with van der Waals surface area (Å²) in [6, 6.07) is 0. The highest BCUT2D eigenvalue weighted by Crippen LogP contribution is 2.10. The quantitative estimate of drug-likeness (QED) is 0.584. The average Bonchev–Trinajstić information content (AvgIpc) is 2.38. The molecule has 1 aliphatic heterocycles. The van der Waals surface area contributed by atoms with Gasteiger partial charge >= 0.3 is 0 Å². The summed E-state index contributed by atoms with van der Waals surface area (Å²) in [6.07, 6.45) is 4.09. The van der Waals surface area contributed by atoms with Gasteiger partial charge in [0.1, 0.15) is 12.7 Å². The first kappa shape index (κ1) is 8.52. The minimum absolute atomic E-state index is 0.0263. The predicted octanol–water partition coefficient (Wildman–Crippen LogP) is 0.464. The molecule has 1 aliphatic rings. The summed E-state index contributed by atoms with van der Waals surface area (Å²) < 4.78 is 0. The van der Waals surface area contributed by atoms with Crippen LogP contribution in [0.1, 0.15) is 19.8 Å². The van der Waals surface area contributed by atoms with Crippen LogP contribution in [0.4, 0.5) is 0 Å². The standard InChI is InChI=1S/C7H14N2O2/c1-2-3-6-4-7(5-10-8)11-9-6/h4,7,9H,2-3,5,8H2,1H3. The van der Waals surface area contributed by atoms with E-state index in [4.69, 9.17) is 10.7 Å². The number of nitrogens with one attached hydrogen (secondary N) is 1. The van der Waals surface area contributed by atoms with Crippen LogP contribution >= 0.6 is 0 Å². The van der Waals surface area contributed by atoms with Crippen molar-refractivity contribution >= 4 is 0 Å². The zero-order valence-corrected chi connectivity index (χ0v) is 6.67. The number of allylic oxidation sites excluding steroid dienone is 1. The second kappa shape index (κ2) is 4.33. The van der Waals surface area contributed by atoms with Gasteiger partial charge < -0.3 is 4.84 Å². The Bertz CT molecular complexity index is 147. The molecule has 1 rings (SSSR count). The van der Waals surface area contributed by atoms with Gasteiger partial charge in [0.05, 0.1) is 0 Å². The maximum atomic E-state index is 5.11. The van der Waals surface area contributed by atoms with Crippen molar-refractivity contribution in [3.8, 4) is 0 Å².